The Hall–Kier alpha value is -0.940. The summed E-state index contributed by atoms with van der Waals surface area (Å²) < 4.78 is 27.0. The molecule has 2 rings (SSSR count). The average Bonchev–Trinajstić information content (AvgIpc) is 2.90. The molecule has 1 aliphatic rings. The molecule has 104 valence electrons. The summed E-state index contributed by atoms with van der Waals surface area (Å²) in [4.78, 5) is 0.427. The summed E-state index contributed by atoms with van der Waals surface area (Å²) in [5.74, 6) is 0. The Balaban J connectivity index is 2.27. The third kappa shape index (κ3) is 2.98. The zero-order valence-corrected chi connectivity index (χ0v) is 12.4. The first-order valence-electron chi connectivity index (χ1n) is 6.32. The normalized spacial score (nSPS) is 20.4. The number of likely N-dealkylation sites (N-methyl/N-ethyl adjacent to an activating group) is 1. The zero-order chi connectivity index (χ0) is 13.9. The first-order valence-corrected chi connectivity index (χ1v) is 8.57. The minimum Gasteiger partial charge on any atom is -0.315 e. The molecule has 1 atom stereocenters. The second-order valence-corrected chi connectivity index (χ2v) is 7.64. The largest absolute Gasteiger partial charge is 0.315 e. The molecule has 1 aromatic heterocycles. The highest BCUT2D eigenvalue weighted by atomic mass is 32.2. The molecular weight excluding hydrogens is 282 g/mol. The van der Waals surface area contributed by atoms with Gasteiger partial charge in [-0.15, -0.1) is 11.3 Å². The molecule has 0 saturated carbocycles. The highest BCUT2D eigenvalue weighted by molar-refractivity contribution is 7.91. The van der Waals surface area contributed by atoms with Gasteiger partial charge in [0.2, 0.25) is 0 Å². The maximum Gasteiger partial charge on any atom is 0.252 e. The molecule has 0 bridgehead atoms. The fourth-order valence-electron chi connectivity index (χ4n) is 2.34. The van der Waals surface area contributed by atoms with E-state index in [0.717, 1.165) is 30.7 Å². The van der Waals surface area contributed by atoms with Gasteiger partial charge in [0.1, 0.15) is 15.2 Å². The van der Waals surface area contributed by atoms with E-state index in [1.807, 2.05) is 13.0 Å². The summed E-state index contributed by atoms with van der Waals surface area (Å²) in [6.45, 7) is 3.95. The van der Waals surface area contributed by atoms with Crippen LogP contribution in [-0.2, 0) is 10.0 Å². The van der Waals surface area contributed by atoms with Gasteiger partial charge in [0, 0.05) is 19.1 Å². The molecule has 1 aromatic rings. The molecule has 0 radical (unpaired) electrons. The van der Waals surface area contributed by atoms with Crippen LogP contribution in [0.25, 0.3) is 0 Å². The molecule has 19 heavy (non-hydrogen) atoms. The Kier molecular flexibility index (Phi) is 4.58. The van der Waals surface area contributed by atoms with Crippen LogP contribution in [0.4, 0.5) is 0 Å². The third-order valence-electron chi connectivity index (χ3n) is 3.24. The summed E-state index contributed by atoms with van der Waals surface area (Å²) in [7, 11) is -3.48. The Morgan fingerprint density at radius 3 is 2.89 bits per heavy atom. The number of thiophene rings is 1. The summed E-state index contributed by atoms with van der Waals surface area (Å²) in [5, 5.41) is 12.0. The SMILES string of the molecule is CCN(C1CCCNC1)S(=O)(=O)c1ccc(C#N)s1. The number of nitrogens with zero attached hydrogens (tertiary/aromatic N) is 2. The lowest BCUT2D eigenvalue weighted by atomic mass is 10.1. The maximum atomic E-state index is 12.6. The first-order chi connectivity index (χ1) is 9.09. The van der Waals surface area contributed by atoms with E-state index in [-0.39, 0.29) is 10.3 Å². The predicted octanol–water partition coefficient (Wildman–Crippen LogP) is 1.38. The number of hydrogen-bond acceptors (Lipinski definition) is 5. The fraction of sp³-hybridized carbons (Fsp3) is 0.583. The van der Waals surface area contributed by atoms with Gasteiger partial charge in [0.15, 0.2) is 0 Å². The van der Waals surface area contributed by atoms with Gasteiger partial charge in [-0.2, -0.15) is 9.57 Å². The third-order valence-corrected chi connectivity index (χ3v) is 6.73. The van der Waals surface area contributed by atoms with Crippen molar-refractivity contribution in [2.24, 2.45) is 0 Å². The van der Waals surface area contributed by atoms with Crippen LogP contribution in [0.5, 0.6) is 0 Å². The first kappa shape index (κ1) is 14.5. The molecule has 0 spiro atoms. The van der Waals surface area contributed by atoms with Gasteiger partial charge in [-0.1, -0.05) is 6.92 Å². The van der Waals surface area contributed by atoms with E-state index >= 15 is 0 Å². The molecule has 0 aromatic carbocycles. The van der Waals surface area contributed by atoms with Crippen molar-refractivity contribution in [2.45, 2.75) is 30.0 Å². The Morgan fingerprint density at radius 1 is 1.58 bits per heavy atom. The van der Waals surface area contributed by atoms with Crippen molar-refractivity contribution in [1.82, 2.24) is 9.62 Å². The highest BCUT2D eigenvalue weighted by Crippen LogP contribution is 2.27. The maximum absolute atomic E-state index is 12.6. The quantitative estimate of drug-likeness (QED) is 0.911. The standard InChI is InChI=1S/C12H17N3O2S2/c1-2-15(10-4-3-7-14-9-10)19(16,17)12-6-5-11(8-13)18-12/h5-6,10,14H,2-4,7,9H2,1H3. The van der Waals surface area contributed by atoms with Crippen LogP contribution in [0.3, 0.4) is 0 Å². The number of rotatable bonds is 4. The van der Waals surface area contributed by atoms with Crippen molar-refractivity contribution in [3.05, 3.63) is 17.0 Å². The van der Waals surface area contributed by atoms with Crippen molar-refractivity contribution < 1.29 is 8.42 Å². The molecule has 1 aliphatic heterocycles. The molecule has 0 amide bonds. The lowest BCUT2D eigenvalue weighted by molar-refractivity contribution is 0.275. The van der Waals surface area contributed by atoms with Gasteiger partial charge in [-0.25, -0.2) is 8.42 Å². The molecule has 5 nitrogen and oxygen atoms in total. The van der Waals surface area contributed by atoms with Gasteiger partial charge in [0.25, 0.3) is 10.0 Å². The highest BCUT2D eigenvalue weighted by Gasteiger charge is 2.32. The number of piperidine rings is 1. The van der Waals surface area contributed by atoms with Crippen molar-refractivity contribution in [1.29, 1.82) is 5.26 Å². The van der Waals surface area contributed by atoms with Gasteiger partial charge in [-0.05, 0) is 31.5 Å². The van der Waals surface area contributed by atoms with E-state index in [1.165, 1.54) is 6.07 Å². The molecule has 1 fully saturated rings. The Bertz CT molecular complexity index is 568. The second-order valence-electron chi connectivity index (χ2n) is 4.44. The average molecular weight is 299 g/mol. The summed E-state index contributed by atoms with van der Waals surface area (Å²) >= 11 is 1.04. The minimum absolute atomic E-state index is 0.0105. The monoisotopic (exact) mass is 299 g/mol. The molecule has 7 heteroatoms. The Labute approximate surface area is 117 Å². The summed E-state index contributed by atoms with van der Waals surface area (Å²) in [5.41, 5.74) is 0. The fourth-order valence-corrected chi connectivity index (χ4v) is 5.23. The van der Waals surface area contributed by atoms with Crippen LogP contribution >= 0.6 is 11.3 Å². The zero-order valence-electron chi connectivity index (χ0n) is 10.8. The van der Waals surface area contributed by atoms with E-state index in [0.29, 0.717) is 18.0 Å². The minimum atomic E-state index is -3.48. The van der Waals surface area contributed by atoms with E-state index in [2.05, 4.69) is 5.32 Å². The molecule has 1 N–H and O–H groups in total. The van der Waals surface area contributed by atoms with Crippen LogP contribution in [0.1, 0.15) is 24.6 Å². The van der Waals surface area contributed by atoms with Crippen LogP contribution < -0.4 is 5.32 Å². The molecular formula is C12H17N3O2S2. The van der Waals surface area contributed by atoms with Gasteiger partial charge < -0.3 is 5.32 Å². The molecule has 1 saturated heterocycles. The van der Waals surface area contributed by atoms with Gasteiger partial charge in [0.05, 0.1) is 0 Å². The van der Waals surface area contributed by atoms with Crippen molar-refractivity contribution in [3.63, 3.8) is 0 Å². The Morgan fingerprint density at radius 2 is 2.37 bits per heavy atom. The number of hydrogen-bond donors (Lipinski definition) is 1. The lowest BCUT2D eigenvalue weighted by Crippen LogP contribution is -2.48. The van der Waals surface area contributed by atoms with Crippen LogP contribution in [0.2, 0.25) is 0 Å². The smallest absolute Gasteiger partial charge is 0.252 e. The van der Waals surface area contributed by atoms with Crippen LogP contribution in [0, 0.1) is 11.3 Å². The van der Waals surface area contributed by atoms with E-state index in [1.54, 1.807) is 10.4 Å². The topological polar surface area (TPSA) is 73.2 Å². The lowest BCUT2D eigenvalue weighted by Gasteiger charge is -2.32. The molecule has 1 unspecified atom stereocenters. The van der Waals surface area contributed by atoms with Crippen molar-refractivity contribution >= 4 is 21.4 Å². The number of nitrogens with one attached hydrogen (secondary N) is 1. The summed E-state index contributed by atoms with van der Waals surface area (Å²) in [6.07, 6.45) is 1.88. The second kappa shape index (κ2) is 6.01. The van der Waals surface area contributed by atoms with Crippen LogP contribution in [0.15, 0.2) is 16.3 Å². The number of nitriles is 1. The van der Waals surface area contributed by atoms with Gasteiger partial charge in [-0.3, -0.25) is 0 Å². The van der Waals surface area contributed by atoms with Crippen molar-refractivity contribution in [2.75, 3.05) is 19.6 Å². The van der Waals surface area contributed by atoms with Crippen molar-refractivity contribution in [3.8, 4) is 6.07 Å². The predicted molar refractivity (Wildman–Crippen MR) is 74.5 cm³/mol. The van der Waals surface area contributed by atoms with Gasteiger partial charge >= 0.3 is 0 Å². The van der Waals surface area contributed by atoms with E-state index in [4.69, 9.17) is 5.26 Å². The molecule has 2 heterocycles. The van der Waals surface area contributed by atoms with E-state index < -0.39 is 10.0 Å². The van der Waals surface area contributed by atoms with Crippen LogP contribution in [-0.4, -0.2) is 38.4 Å². The van der Waals surface area contributed by atoms with E-state index in [9.17, 15) is 8.42 Å². The number of sulfonamides is 1. The molecule has 0 aliphatic carbocycles. The summed E-state index contributed by atoms with van der Waals surface area (Å²) in [6, 6.07) is 5.07.